The van der Waals surface area contributed by atoms with Crippen LogP contribution in [0.1, 0.15) is 30.4 Å². The normalized spacial score (nSPS) is 12.3. The molecule has 1 nitrogen and oxygen atoms in total. The van der Waals surface area contributed by atoms with Crippen molar-refractivity contribution < 1.29 is 0 Å². The van der Waals surface area contributed by atoms with Gasteiger partial charge in [-0.3, -0.25) is 0 Å². The van der Waals surface area contributed by atoms with Crippen LogP contribution in [0.3, 0.4) is 0 Å². The fourth-order valence-corrected chi connectivity index (χ4v) is 3.11. The van der Waals surface area contributed by atoms with E-state index < -0.39 is 0 Å². The molecule has 1 atom stereocenters. The number of hydrogen-bond donors (Lipinski definition) is 1. The summed E-state index contributed by atoms with van der Waals surface area (Å²) in [7, 11) is 0. The van der Waals surface area contributed by atoms with Gasteiger partial charge in [0.1, 0.15) is 0 Å². The summed E-state index contributed by atoms with van der Waals surface area (Å²) in [5, 5.41) is 4.40. The summed E-state index contributed by atoms with van der Waals surface area (Å²) in [6.07, 6.45) is 2.16. The van der Waals surface area contributed by atoms with E-state index in [1.807, 2.05) is 12.1 Å². The lowest BCUT2D eigenvalue weighted by molar-refractivity contribution is 0.577. The van der Waals surface area contributed by atoms with Crippen LogP contribution in [-0.2, 0) is 6.42 Å². The molecular formula is C18H21ClIN. The molecule has 0 bridgehead atoms. The fraction of sp³-hybridized carbons (Fsp3) is 0.333. The molecule has 0 fully saturated rings. The largest absolute Gasteiger partial charge is 0.316 e. The van der Waals surface area contributed by atoms with Crippen LogP contribution in [0.25, 0.3) is 0 Å². The maximum Gasteiger partial charge on any atom is 0.0441 e. The molecule has 2 aromatic rings. The van der Waals surface area contributed by atoms with E-state index in [4.69, 9.17) is 11.6 Å². The van der Waals surface area contributed by atoms with Gasteiger partial charge in [-0.15, -0.1) is 0 Å². The van der Waals surface area contributed by atoms with Crippen molar-refractivity contribution in [1.82, 2.24) is 5.32 Å². The van der Waals surface area contributed by atoms with E-state index in [-0.39, 0.29) is 0 Å². The standard InChI is InChI=1S/C18H21ClIN/c1-2-11-21-13-15(17-5-3-4-6-18(17)19)12-14-7-9-16(20)10-8-14/h3-10,15,21H,2,11-13H2,1H3. The van der Waals surface area contributed by atoms with Crippen molar-refractivity contribution in [2.45, 2.75) is 25.7 Å². The molecule has 0 aliphatic rings. The summed E-state index contributed by atoms with van der Waals surface area (Å²) in [5.41, 5.74) is 2.60. The van der Waals surface area contributed by atoms with Crippen molar-refractivity contribution in [2.24, 2.45) is 0 Å². The second kappa shape index (κ2) is 8.76. The SMILES string of the molecule is CCCNCC(Cc1ccc(I)cc1)c1ccccc1Cl. The van der Waals surface area contributed by atoms with Gasteiger partial charge < -0.3 is 5.32 Å². The van der Waals surface area contributed by atoms with Crippen LogP contribution in [0, 0.1) is 3.57 Å². The molecule has 0 aromatic heterocycles. The lowest BCUT2D eigenvalue weighted by Crippen LogP contribution is -2.24. The zero-order valence-electron chi connectivity index (χ0n) is 12.3. The Kier molecular flexibility index (Phi) is 7.00. The predicted octanol–water partition coefficient (Wildman–Crippen LogP) is 5.27. The van der Waals surface area contributed by atoms with Crippen LogP contribution in [-0.4, -0.2) is 13.1 Å². The van der Waals surface area contributed by atoms with Gasteiger partial charge in [0.05, 0.1) is 0 Å². The molecule has 0 amide bonds. The third kappa shape index (κ3) is 5.28. The van der Waals surface area contributed by atoms with Gasteiger partial charge in [0.15, 0.2) is 0 Å². The van der Waals surface area contributed by atoms with E-state index in [2.05, 4.69) is 71.2 Å². The van der Waals surface area contributed by atoms with Crippen LogP contribution in [0.4, 0.5) is 0 Å². The Morgan fingerprint density at radius 1 is 1.10 bits per heavy atom. The molecule has 0 aliphatic carbocycles. The number of benzene rings is 2. The van der Waals surface area contributed by atoms with E-state index in [0.29, 0.717) is 5.92 Å². The molecule has 0 radical (unpaired) electrons. The molecule has 0 saturated carbocycles. The van der Waals surface area contributed by atoms with E-state index in [9.17, 15) is 0 Å². The second-order valence-corrected chi connectivity index (χ2v) is 6.91. The minimum atomic E-state index is 0.408. The van der Waals surface area contributed by atoms with Gasteiger partial charge in [-0.2, -0.15) is 0 Å². The lowest BCUT2D eigenvalue weighted by atomic mass is 9.92. The summed E-state index contributed by atoms with van der Waals surface area (Å²) in [6, 6.07) is 17.0. The summed E-state index contributed by atoms with van der Waals surface area (Å²) in [6.45, 7) is 4.20. The van der Waals surface area contributed by atoms with Gasteiger partial charge in [-0.25, -0.2) is 0 Å². The molecule has 112 valence electrons. The maximum atomic E-state index is 6.39. The topological polar surface area (TPSA) is 12.0 Å². The highest BCUT2D eigenvalue weighted by atomic mass is 127. The van der Waals surface area contributed by atoms with Crippen molar-refractivity contribution in [1.29, 1.82) is 0 Å². The first-order valence-corrected chi connectivity index (χ1v) is 8.86. The minimum Gasteiger partial charge on any atom is -0.316 e. The van der Waals surface area contributed by atoms with Gasteiger partial charge in [0.2, 0.25) is 0 Å². The van der Waals surface area contributed by atoms with E-state index >= 15 is 0 Å². The second-order valence-electron chi connectivity index (χ2n) is 5.25. The Bertz CT molecular complexity index is 553. The van der Waals surface area contributed by atoms with Crippen molar-refractivity contribution in [3.8, 4) is 0 Å². The number of rotatable bonds is 7. The average molecular weight is 414 g/mol. The van der Waals surface area contributed by atoms with E-state index in [1.165, 1.54) is 14.7 Å². The Morgan fingerprint density at radius 3 is 2.48 bits per heavy atom. The Labute approximate surface area is 146 Å². The molecule has 0 heterocycles. The number of halogens is 2. The number of nitrogens with one attached hydrogen (secondary N) is 1. The molecule has 21 heavy (non-hydrogen) atoms. The van der Waals surface area contributed by atoms with Crippen LogP contribution in [0.5, 0.6) is 0 Å². The Morgan fingerprint density at radius 2 is 1.81 bits per heavy atom. The molecular weight excluding hydrogens is 393 g/mol. The molecule has 2 rings (SSSR count). The van der Waals surface area contributed by atoms with Crippen molar-refractivity contribution in [3.63, 3.8) is 0 Å². The summed E-state index contributed by atoms with van der Waals surface area (Å²) < 4.78 is 1.27. The van der Waals surface area contributed by atoms with Gasteiger partial charge in [0, 0.05) is 21.1 Å². The van der Waals surface area contributed by atoms with Crippen LogP contribution >= 0.6 is 34.2 Å². The summed E-state index contributed by atoms with van der Waals surface area (Å²) in [5.74, 6) is 0.408. The summed E-state index contributed by atoms with van der Waals surface area (Å²) >= 11 is 8.74. The molecule has 1 unspecified atom stereocenters. The zero-order valence-corrected chi connectivity index (χ0v) is 15.2. The fourth-order valence-electron chi connectivity index (χ4n) is 2.46. The molecule has 1 N–H and O–H groups in total. The Balaban J connectivity index is 2.15. The minimum absolute atomic E-state index is 0.408. The molecule has 2 aromatic carbocycles. The van der Waals surface area contributed by atoms with Crippen LogP contribution in [0.2, 0.25) is 5.02 Å². The maximum absolute atomic E-state index is 6.39. The van der Waals surface area contributed by atoms with Gasteiger partial charge in [-0.1, -0.05) is 48.9 Å². The molecule has 0 saturated heterocycles. The van der Waals surface area contributed by atoms with Crippen molar-refractivity contribution in [3.05, 3.63) is 68.3 Å². The van der Waals surface area contributed by atoms with Gasteiger partial charge >= 0.3 is 0 Å². The van der Waals surface area contributed by atoms with E-state index in [1.54, 1.807) is 0 Å². The highest BCUT2D eigenvalue weighted by Gasteiger charge is 2.15. The zero-order chi connectivity index (χ0) is 15.1. The monoisotopic (exact) mass is 413 g/mol. The summed E-state index contributed by atoms with van der Waals surface area (Å²) in [4.78, 5) is 0. The highest BCUT2D eigenvalue weighted by Crippen LogP contribution is 2.27. The first kappa shape index (κ1) is 16.8. The predicted molar refractivity (Wildman–Crippen MR) is 100 cm³/mol. The van der Waals surface area contributed by atoms with E-state index in [0.717, 1.165) is 31.0 Å². The Hall–Kier alpha value is -0.580. The first-order chi connectivity index (χ1) is 10.2. The average Bonchev–Trinajstić information content (AvgIpc) is 2.49. The number of hydrogen-bond acceptors (Lipinski definition) is 1. The quantitative estimate of drug-likeness (QED) is 0.481. The third-order valence-electron chi connectivity index (χ3n) is 3.56. The van der Waals surface area contributed by atoms with Gasteiger partial charge in [-0.05, 0) is 71.3 Å². The van der Waals surface area contributed by atoms with Crippen molar-refractivity contribution >= 4 is 34.2 Å². The molecule has 0 spiro atoms. The molecule has 0 aliphatic heterocycles. The van der Waals surface area contributed by atoms with Crippen LogP contribution in [0.15, 0.2) is 48.5 Å². The van der Waals surface area contributed by atoms with Crippen molar-refractivity contribution in [2.75, 3.05) is 13.1 Å². The van der Waals surface area contributed by atoms with Crippen LogP contribution < -0.4 is 5.32 Å². The smallest absolute Gasteiger partial charge is 0.0441 e. The third-order valence-corrected chi connectivity index (χ3v) is 4.62. The lowest BCUT2D eigenvalue weighted by Gasteiger charge is -2.19. The highest BCUT2D eigenvalue weighted by molar-refractivity contribution is 14.1. The first-order valence-electron chi connectivity index (χ1n) is 7.40. The molecule has 3 heteroatoms. The van der Waals surface area contributed by atoms with Gasteiger partial charge in [0.25, 0.3) is 0 Å².